The molecule has 1 aromatic carbocycles. The highest BCUT2D eigenvalue weighted by Crippen LogP contribution is 2.23. The minimum absolute atomic E-state index is 0.234. The van der Waals surface area contributed by atoms with Crippen LogP contribution in [0.1, 0.15) is 21.6 Å². The molecule has 2 aromatic heterocycles. The van der Waals surface area contributed by atoms with Crippen molar-refractivity contribution in [1.82, 2.24) is 14.0 Å². The number of carbonyl (C=O) groups is 1. The fraction of sp³-hybridized carbons (Fsp3) is 0.231. The van der Waals surface area contributed by atoms with Gasteiger partial charge in [0.2, 0.25) is 5.78 Å². The second kappa shape index (κ2) is 3.35. The Labute approximate surface area is 103 Å². The van der Waals surface area contributed by atoms with Crippen LogP contribution in [-0.4, -0.2) is 25.0 Å². The van der Waals surface area contributed by atoms with E-state index in [1.54, 1.807) is 17.8 Å². The summed E-state index contributed by atoms with van der Waals surface area (Å²) in [4.78, 5) is 15.6. The van der Waals surface area contributed by atoms with Gasteiger partial charge >= 0.3 is 5.97 Å². The summed E-state index contributed by atoms with van der Waals surface area (Å²) in [6, 6.07) is 4.00. The van der Waals surface area contributed by atoms with Gasteiger partial charge in [0.1, 0.15) is 5.69 Å². The number of imidazole rings is 2. The minimum atomic E-state index is -0.944. The molecule has 0 aliphatic carbocycles. The van der Waals surface area contributed by atoms with Crippen LogP contribution in [0.2, 0.25) is 0 Å². The number of aryl methyl sites for hydroxylation is 3. The quantitative estimate of drug-likeness (QED) is 0.712. The van der Waals surface area contributed by atoms with Crippen molar-refractivity contribution in [2.75, 3.05) is 0 Å². The lowest BCUT2D eigenvalue weighted by molar-refractivity contribution is 0.0687. The van der Waals surface area contributed by atoms with Crippen LogP contribution in [0.3, 0.4) is 0 Å². The standard InChI is InChI=1S/C13H13N3O2/c1-7-4-5-9-11(8(7)2)14-13-15(3)10(12(17)18)6-16(9)13/h4-6H,1-3H3,(H,17,18). The molecule has 0 fully saturated rings. The van der Waals surface area contributed by atoms with Crippen LogP contribution in [0.5, 0.6) is 0 Å². The number of aromatic carboxylic acids is 1. The van der Waals surface area contributed by atoms with Gasteiger partial charge in [-0.05, 0) is 31.0 Å². The van der Waals surface area contributed by atoms with E-state index in [-0.39, 0.29) is 5.69 Å². The van der Waals surface area contributed by atoms with Gasteiger partial charge in [-0.2, -0.15) is 0 Å². The van der Waals surface area contributed by atoms with Crippen LogP contribution in [0, 0.1) is 13.8 Å². The molecule has 5 nitrogen and oxygen atoms in total. The van der Waals surface area contributed by atoms with Gasteiger partial charge in [0.05, 0.1) is 11.0 Å². The van der Waals surface area contributed by atoms with Gasteiger partial charge in [0.25, 0.3) is 0 Å². The predicted molar refractivity (Wildman–Crippen MR) is 68.1 cm³/mol. The lowest BCUT2D eigenvalue weighted by Gasteiger charge is -1.99. The summed E-state index contributed by atoms with van der Waals surface area (Å²) in [5, 5.41) is 9.09. The second-order valence-electron chi connectivity index (χ2n) is 4.54. The van der Waals surface area contributed by atoms with Gasteiger partial charge in [0.15, 0.2) is 0 Å². The van der Waals surface area contributed by atoms with Gasteiger partial charge in [-0.15, -0.1) is 0 Å². The largest absolute Gasteiger partial charge is 0.477 e. The van der Waals surface area contributed by atoms with Crippen LogP contribution in [0.15, 0.2) is 18.3 Å². The molecule has 0 spiro atoms. The van der Waals surface area contributed by atoms with E-state index < -0.39 is 5.97 Å². The monoisotopic (exact) mass is 243 g/mol. The SMILES string of the molecule is Cc1ccc2c(nc3n(C)c(C(=O)O)cn23)c1C. The van der Waals surface area contributed by atoms with E-state index in [0.717, 1.165) is 16.6 Å². The number of carboxylic acids is 1. The Balaban J connectivity index is 2.48. The van der Waals surface area contributed by atoms with Crippen LogP contribution < -0.4 is 0 Å². The molecule has 5 heteroatoms. The zero-order chi connectivity index (χ0) is 13.0. The molecule has 3 aromatic rings. The fourth-order valence-electron chi connectivity index (χ4n) is 2.26. The number of hydrogen-bond acceptors (Lipinski definition) is 2. The number of hydrogen-bond donors (Lipinski definition) is 1. The first-order chi connectivity index (χ1) is 8.50. The highest BCUT2D eigenvalue weighted by molar-refractivity contribution is 5.89. The Kier molecular flexibility index (Phi) is 2.02. The molecule has 0 aliphatic rings. The summed E-state index contributed by atoms with van der Waals surface area (Å²) in [6.07, 6.45) is 1.61. The van der Waals surface area contributed by atoms with Gasteiger partial charge < -0.3 is 9.67 Å². The molecule has 0 saturated heterocycles. The summed E-state index contributed by atoms with van der Waals surface area (Å²) in [7, 11) is 1.72. The van der Waals surface area contributed by atoms with Gasteiger partial charge in [-0.1, -0.05) is 6.07 Å². The molecule has 0 aliphatic heterocycles. The van der Waals surface area contributed by atoms with Gasteiger partial charge in [-0.3, -0.25) is 4.40 Å². The predicted octanol–water partition coefficient (Wildman–Crippen LogP) is 2.14. The van der Waals surface area contributed by atoms with Crippen molar-refractivity contribution in [1.29, 1.82) is 0 Å². The lowest BCUT2D eigenvalue weighted by Crippen LogP contribution is -2.04. The van der Waals surface area contributed by atoms with E-state index in [4.69, 9.17) is 5.11 Å². The Morgan fingerprint density at radius 3 is 2.72 bits per heavy atom. The highest BCUT2D eigenvalue weighted by Gasteiger charge is 2.17. The molecule has 0 atom stereocenters. The number of aromatic nitrogens is 3. The van der Waals surface area contributed by atoms with Crippen molar-refractivity contribution in [2.45, 2.75) is 13.8 Å². The molecule has 0 amide bonds. The number of rotatable bonds is 1. The Bertz CT molecular complexity index is 796. The highest BCUT2D eigenvalue weighted by atomic mass is 16.4. The molecular formula is C13H13N3O2. The van der Waals surface area contributed by atoms with Crippen LogP contribution >= 0.6 is 0 Å². The third-order valence-corrected chi connectivity index (χ3v) is 3.50. The van der Waals surface area contributed by atoms with E-state index in [1.807, 2.05) is 30.4 Å². The number of nitrogens with zero attached hydrogens (tertiary/aromatic N) is 3. The van der Waals surface area contributed by atoms with Crippen molar-refractivity contribution in [2.24, 2.45) is 7.05 Å². The smallest absolute Gasteiger partial charge is 0.354 e. The zero-order valence-corrected chi connectivity index (χ0v) is 10.4. The molecule has 18 heavy (non-hydrogen) atoms. The Morgan fingerprint density at radius 2 is 2.06 bits per heavy atom. The first-order valence-electron chi connectivity index (χ1n) is 5.67. The molecule has 0 unspecified atom stereocenters. The maximum absolute atomic E-state index is 11.1. The van der Waals surface area contributed by atoms with Crippen molar-refractivity contribution in [3.05, 3.63) is 35.2 Å². The number of benzene rings is 1. The van der Waals surface area contributed by atoms with E-state index in [1.165, 1.54) is 5.56 Å². The van der Waals surface area contributed by atoms with Gasteiger partial charge in [0, 0.05) is 13.2 Å². The summed E-state index contributed by atoms with van der Waals surface area (Å²) in [5.41, 5.74) is 4.42. The van der Waals surface area contributed by atoms with E-state index in [9.17, 15) is 4.79 Å². The maximum atomic E-state index is 11.1. The number of fused-ring (bicyclic) bond motifs is 3. The van der Waals surface area contributed by atoms with Crippen molar-refractivity contribution in [3.8, 4) is 0 Å². The second-order valence-corrected chi connectivity index (χ2v) is 4.54. The topological polar surface area (TPSA) is 59.5 Å². The Morgan fingerprint density at radius 1 is 1.33 bits per heavy atom. The molecular weight excluding hydrogens is 230 g/mol. The summed E-state index contributed by atoms with van der Waals surface area (Å²) < 4.78 is 3.42. The Hall–Kier alpha value is -2.30. The van der Waals surface area contributed by atoms with Crippen molar-refractivity contribution < 1.29 is 9.90 Å². The maximum Gasteiger partial charge on any atom is 0.354 e. The van der Waals surface area contributed by atoms with Crippen molar-refractivity contribution >= 4 is 22.8 Å². The third kappa shape index (κ3) is 1.21. The first kappa shape index (κ1) is 10.8. The van der Waals surface area contributed by atoms with E-state index >= 15 is 0 Å². The molecule has 0 bridgehead atoms. The third-order valence-electron chi connectivity index (χ3n) is 3.50. The zero-order valence-electron chi connectivity index (χ0n) is 10.4. The fourth-order valence-corrected chi connectivity index (χ4v) is 2.26. The average Bonchev–Trinajstić information content (AvgIpc) is 2.82. The first-order valence-corrected chi connectivity index (χ1v) is 5.67. The molecule has 92 valence electrons. The molecule has 1 N–H and O–H groups in total. The number of carboxylic acid groups (broad SMARTS) is 1. The van der Waals surface area contributed by atoms with Crippen LogP contribution in [-0.2, 0) is 7.05 Å². The molecule has 3 rings (SSSR count). The van der Waals surface area contributed by atoms with Crippen LogP contribution in [0.25, 0.3) is 16.8 Å². The van der Waals surface area contributed by atoms with Gasteiger partial charge in [-0.25, -0.2) is 9.78 Å². The van der Waals surface area contributed by atoms with Crippen LogP contribution in [0.4, 0.5) is 0 Å². The summed E-state index contributed by atoms with van der Waals surface area (Å²) in [5.74, 6) is -0.295. The summed E-state index contributed by atoms with van der Waals surface area (Å²) in [6.45, 7) is 4.07. The summed E-state index contributed by atoms with van der Waals surface area (Å²) >= 11 is 0. The normalized spacial score (nSPS) is 11.5. The molecule has 0 saturated carbocycles. The van der Waals surface area contributed by atoms with E-state index in [0.29, 0.717) is 5.78 Å². The molecule has 0 radical (unpaired) electrons. The molecule has 2 heterocycles. The minimum Gasteiger partial charge on any atom is -0.477 e. The lowest BCUT2D eigenvalue weighted by atomic mass is 10.1. The average molecular weight is 243 g/mol. The van der Waals surface area contributed by atoms with E-state index in [2.05, 4.69) is 4.98 Å². The van der Waals surface area contributed by atoms with Crippen molar-refractivity contribution in [3.63, 3.8) is 0 Å².